The molecule has 114 valence electrons. The van der Waals surface area contributed by atoms with Gasteiger partial charge in [-0.2, -0.15) is 9.51 Å². The van der Waals surface area contributed by atoms with Crippen molar-refractivity contribution in [1.82, 2.24) is 4.72 Å². The molecule has 0 aromatic heterocycles. The number of carbonyl (C=O) groups is 1. The summed E-state index contributed by atoms with van der Waals surface area (Å²) in [6.45, 7) is 5.60. The fourth-order valence-electron chi connectivity index (χ4n) is 1.81. The van der Waals surface area contributed by atoms with E-state index in [9.17, 15) is 13.2 Å². The molecular formula is C14H19N3O3S. The summed E-state index contributed by atoms with van der Waals surface area (Å²) in [6.07, 6.45) is 1.03. The van der Waals surface area contributed by atoms with Gasteiger partial charge in [0.2, 0.25) is 10.0 Å². The third-order valence-electron chi connectivity index (χ3n) is 2.86. The van der Waals surface area contributed by atoms with Crippen LogP contribution >= 0.6 is 0 Å². The first kappa shape index (κ1) is 17.2. The van der Waals surface area contributed by atoms with Crippen LogP contribution in [0.2, 0.25) is 0 Å². The summed E-state index contributed by atoms with van der Waals surface area (Å²) in [7, 11) is -3.80. The molecule has 0 amide bonds. The lowest BCUT2D eigenvalue weighted by Crippen LogP contribution is -2.42. The largest absolute Gasteiger partial charge is 0.361 e. The van der Waals surface area contributed by atoms with Crippen molar-refractivity contribution in [3.05, 3.63) is 35.4 Å². The van der Waals surface area contributed by atoms with Gasteiger partial charge in [0.1, 0.15) is 0 Å². The van der Waals surface area contributed by atoms with Gasteiger partial charge in [0, 0.05) is 0 Å². The number of ketones is 1. The molecule has 0 spiro atoms. The van der Waals surface area contributed by atoms with E-state index < -0.39 is 21.8 Å². The molecule has 0 aliphatic heterocycles. The summed E-state index contributed by atoms with van der Waals surface area (Å²) >= 11 is 0. The number of nitrogens with zero attached hydrogens (tertiary/aromatic N) is 2. The molecule has 7 heteroatoms. The molecule has 0 heterocycles. The maximum absolute atomic E-state index is 12.3. The van der Waals surface area contributed by atoms with Crippen molar-refractivity contribution in [2.24, 2.45) is 5.92 Å². The van der Waals surface area contributed by atoms with Gasteiger partial charge >= 0.3 is 6.21 Å². The van der Waals surface area contributed by atoms with Gasteiger partial charge in [-0.15, -0.1) is 0 Å². The van der Waals surface area contributed by atoms with Gasteiger partial charge in [-0.05, 0) is 31.4 Å². The van der Waals surface area contributed by atoms with Gasteiger partial charge in [-0.25, -0.2) is 8.42 Å². The molecular weight excluding hydrogens is 290 g/mol. The van der Waals surface area contributed by atoms with Gasteiger partial charge in [-0.3, -0.25) is 4.79 Å². The SMILES string of the molecule is Cc1ccc(S(=O)(=O)NC(CC(C)C)C(=O)C=[N+]=[N-])cc1. The number of hydrogen-bond acceptors (Lipinski definition) is 3. The molecule has 1 aromatic rings. The second-order valence-corrected chi connectivity index (χ2v) is 6.98. The summed E-state index contributed by atoms with van der Waals surface area (Å²) in [5.41, 5.74) is 9.38. The second kappa shape index (κ2) is 7.26. The predicted octanol–water partition coefficient (Wildman–Crippen LogP) is 1.56. The Morgan fingerprint density at radius 1 is 1.33 bits per heavy atom. The standard InChI is InChI=1S/C14H19N3O3S/c1-10(2)8-13(14(18)9-16-15)17-21(19,20)12-6-4-11(3)5-7-12/h4-7,9-10,13,17H,8H2,1-3H3. The van der Waals surface area contributed by atoms with Crippen LogP contribution in [0.3, 0.4) is 0 Å². The van der Waals surface area contributed by atoms with E-state index in [4.69, 9.17) is 5.53 Å². The topological polar surface area (TPSA) is 99.6 Å². The molecule has 0 bridgehead atoms. The van der Waals surface area contributed by atoms with E-state index in [0.717, 1.165) is 5.56 Å². The fourth-order valence-corrected chi connectivity index (χ4v) is 3.03. The summed E-state index contributed by atoms with van der Waals surface area (Å²) in [5.74, 6) is -0.478. The monoisotopic (exact) mass is 309 g/mol. The normalized spacial score (nSPS) is 12.8. The molecule has 6 nitrogen and oxygen atoms in total. The molecule has 0 saturated heterocycles. The second-order valence-electron chi connectivity index (χ2n) is 5.26. The molecule has 0 radical (unpaired) electrons. The van der Waals surface area contributed by atoms with Crippen LogP contribution in [0.25, 0.3) is 5.53 Å². The minimum atomic E-state index is -3.80. The minimum absolute atomic E-state index is 0.0931. The van der Waals surface area contributed by atoms with Gasteiger partial charge in [0.25, 0.3) is 5.78 Å². The van der Waals surface area contributed by atoms with Crippen LogP contribution in [0, 0.1) is 12.8 Å². The zero-order valence-electron chi connectivity index (χ0n) is 12.3. The number of Topliss-reactive ketones (excluding diaryl/α,β-unsaturated/α-hetero) is 1. The first-order chi connectivity index (χ1) is 9.76. The zero-order chi connectivity index (χ0) is 16.0. The highest BCUT2D eigenvalue weighted by atomic mass is 32.2. The Morgan fingerprint density at radius 2 is 1.90 bits per heavy atom. The molecule has 1 unspecified atom stereocenters. The van der Waals surface area contributed by atoms with E-state index in [0.29, 0.717) is 12.6 Å². The molecule has 1 atom stereocenters. The van der Waals surface area contributed by atoms with Crippen LogP contribution in [0.15, 0.2) is 29.2 Å². The number of carbonyl (C=O) groups excluding carboxylic acids is 1. The average molecular weight is 309 g/mol. The summed E-state index contributed by atoms with van der Waals surface area (Å²) in [5, 5.41) is 0. The molecule has 0 aliphatic carbocycles. The van der Waals surface area contributed by atoms with E-state index in [1.165, 1.54) is 12.1 Å². The van der Waals surface area contributed by atoms with Crippen LogP contribution in [-0.4, -0.2) is 31.2 Å². The highest BCUT2D eigenvalue weighted by molar-refractivity contribution is 7.89. The lowest BCUT2D eigenvalue weighted by molar-refractivity contribution is -0.117. The number of benzene rings is 1. The smallest absolute Gasteiger partial charge is 0.324 e. The van der Waals surface area contributed by atoms with Crippen LogP contribution in [0.1, 0.15) is 25.8 Å². The van der Waals surface area contributed by atoms with E-state index in [2.05, 4.69) is 9.51 Å². The van der Waals surface area contributed by atoms with Crippen molar-refractivity contribution in [3.63, 3.8) is 0 Å². The number of sulfonamides is 1. The molecule has 0 fully saturated rings. The van der Waals surface area contributed by atoms with Crippen molar-refractivity contribution in [3.8, 4) is 0 Å². The van der Waals surface area contributed by atoms with E-state index in [1.54, 1.807) is 12.1 Å². The van der Waals surface area contributed by atoms with Crippen LogP contribution in [-0.2, 0) is 14.8 Å². The number of rotatable bonds is 7. The number of aryl methyl sites for hydroxylation is 1. The molecule has 1 rings (SSSR count). The third kappa shape index (κ3) is 5.23. The third-order valence-corrected chi connectivity index (χ3v) is 4.35. The van der Waals surface area contributed by atoms with Gasteiger partial charge < -0.3 is 5.53 Å². The number of nitrogens with one attached hydrogen (secondary N) is 1. The molecule has 1 aromatic carbocycles. The predicted molar refractivity (Wildman–Crippen MR) is 79.4 cm³/mol. The average Bonchev–Trinajstić information content (AvgIpc) is 2.38. The van der Waals surface area contributed by atoms with Crippen molar-refractivity contribution in [2.45, 2.75) is 38.1 Å². The highest BCUT2D eigenvalue weighted by Gasteiger charge is 2.27. The van der Waals surface area contributed by atoms with Gasteiger partial charge in [-0.1, -0.05) is 31.5 Å². The lowest BCUT2D eigenvalue weighted by Gasteiger charge is -2.16. The molecule has 1 N–H and O–H groups in total. The lowest BCUT2D eigenvalue weighted by atomic mass is 10.0. The first-order valence-corrected chi connectivity index (χ1v) is 8.05. The number of hydrogen-bond donors (Lipinski definition) is 1. The van der Waals surface area contributed by atoms with Crippen molar-refractivity contribution < 1.29 is 18.0 Å². The van der Waals surface area contributed by atoms with E-state index in [-0.39, 0.29) is 10.8 Å². The van der Waals surface area contributed by atoms with Gasteiger partial charge in [0.05, 0.1) is 10.9 Å². The Balaban J connectivity index is 3.03. The van der Waals surface area contributed by atoms with Gasteiger partial charge in [0.15, 0.2) is 0 Å². The minimum Gasteiger partial charge on any atom is -0.361 e. The summed E-state index contributed by atoms with van der Waals surface area (Å²) in [4.78, 5) is 14.6. The van der Waals surface area contributed by atoms with Crippen molar-refractivity contribution in [1.29, 1.82) is 0 Å². The Morgan fingerprint density at radius 3 is 2.38 bits per heavy atom. The Hall–Kier alpha value is -1.82. The van der Waals surface area contributed by atoms with E-state index in [1.807, 2.05) is 20.8 Å². The molecule has 0 aliphatic rings. The summed E-state index contributed by atoms with van der Waals surface area (Å²) in [6, 6.07) is 5.38. The van der Waals surface area contributed by atoms with Crippen LogP contribution < -0.4 is 4.72 Å². The van der Waals surface area contributed by atoms with Crippen molar-refractivity contribution in [2.75, 3.05) is 0 Å². The highest BCUT2D eigenvalue weighted by Crippen LogP contribution is 2.13. The first-order valence-electron chi connectivity index (χ1n) is 6.56. The Labute approximate surface area is 124 Å². The summed E-state index contributed by atoms with van der Waals surface area (Å²) < 4.78 is 26.9. The van der Waals surface area contributed by atoms with Crippen LogP contribution in [0.4, 0.5) is 0 Å². The molecule has 21 heavy (non-hydrogen) atoms. The van der Waals surface area contributed by atoms with E-state index >= 15 is 0 Å². The Bertz CT molecular complexity index is 645. The quantitative estimate of drug-likeness (QED) is 0.470. The Kier molecular flexibility index (Phi) is 5.96. The zero-order valence-corrected chi connectivity index (χ0v) is 13.1. The molecule has 0 saturated carbocycles. The maximum Gasteiger partial charge on any atom is 0.324 e. The van der Waals surface area contributed by atoms with Crippen molar-refractivity contribution >= 4 is 22.0 Å². The fraction of sp³-hybridized carbons (Fsp3) is 0.429. The van der Waals surface area contributed by atoms with Crippen LogP contribution in [0.5, 0.6) is 0 Å². The maximum atomic E-state index is 12.3.